The van der Waals surface area contributed by atoms with Crippen molar-refractivity contribution in [2.45, 2.75) is 31.9 Å². The number of nitrogens with zero attached hydrogens (tertiary/aromatic N) is 2. The lowest BCUT2D eigenvalue weighted by Gasteiger charge is -2.35. The van der Waals surface area contributed by atoms with Crippen molar-refractivity contribution in [2.75, 3.05) is 0 Å². The quantitative estimate of drug-likeness (QED) is 0.871. The van der Waals surface area contributed by atoms with E-state index in [1.54, 1.807) is 12.2 Å². The standard InChI is InChI=1S/C20H23N3O3S/c1-19(2)15(18-22-17(23-26-18)13-9-5-4-6-10-13)16(19)20(3)12-8-7-11-14(20)27(21,24)25/h4-12,14-16H,1-3H3,(H2,21,24,25). The summed E-state index contributed by atoms with van der Waals surface area (Å²) in [5, 5.41) is 8.89. The van der Waals surface area contributed by atoms with E-state index >= 15 is 0 Å². The van der Waals surface area contributed by atoms with E-state index in [2.05, 4.69) is 24.0 Å². The number of rotatable bonds is 4. The van der Waals surface area contributed by atoms with E-state index in [0.717, 1.165) is 5.56 Å². The van der Waals surface area contributed by atoms with E-state index < -0.39 is 20.7 Å². The number of aromatic nitrogens is 2. The molecule has 1 aromatic heterocycles. The average molecular weight is 385 g/mol. The van der Waals surface area contributed by atoms with Crippen molar-refractivity contribution >= 4 is 10.0 Å². The van der Waals surface area contributed by atoms with Crippen molar-refractivity contribution < 1.29 is 12.9 Å². The van der Waals surface area contributed by atoms with E-state index in [4.69, 9.17) is 9.66 Å². The van der Waals surface area contributed by atoms with Crippen LogP contribution in [0.15, 0.2) is 59.2 Å². The van der Waals surface area contributed by atoms with Crippen LogP contribution < -0.4 is 5.14 Å². The molecule has 1 heterocycles. The molecule has 4 unspecified atom stereocenters. The maximum absolute atomic E-state index is 12.2. The van der Waals surface area contributed by atoms with Gasteiger partial charge in [0, 0.05) is 16.9 Å². The van der Waals surface area contributed by atoms with Crippen LogP contribution in [0.25, 0.3) is 11.4 Å². The van der Waals surface area contributed by atoms with Crippen LogP contribution in [-0.2, 0) is 10.0 Å². The highest BCUT2D eigenvalue weighted by Crippen LogP contribution is 2.72. The Morgan fingerprint density at radius 2 is 1.81 bits per heavy atom. The predicted octanol–water partition coefficient (Wildman–Crippen LogP) is 3.27. The number of hydrogen-bond donors (Lipinski definition) is 1. The molecule has 0 saturated heterocycles. The van der Waals surface area contributed by atoms with Gasteiger partial charge in [-0.3, -0.25) is 0 Å². The Morgan fingerprint density at radius 1 is 1.11 bits per heavy atom. The zero-order valence-electron chi connectivity index (χ0n) is 15.5. The molecule has 2 aliphatic carbocycles. The molecule has 6 nitrogen and oxygen atoms in total. The Kier molecular flexibility index (Phi) is 3.94. The summed E-state index contributed by atoms with van der Waals surface area (Å²) in [7, 11) is -3.74. The van der Waals surface area contributed by atoms with Gasteiger partial charge in [0.1, 0.15) is 5.25 Å². The van der Waals surface area contributed by atoms with Crippen LogP contribution >= 0.6 is 0 Å². The van der Waals surface area contributed by atoms with Gasteiger partial charge in [0.15, 0.2) is 0 Å². The number of primary sulfonamides is 1. The Labute approximate surface area is 159 Å². The van der Waals surface area contributed by atoms with Crippen molar-refractivity contribution in [3.8, 4) is 11.4 Å². The summed E-state index contributed by atoms with van der Waals surface area (Å²) in [5.41, 5.74) is 0.0580. The number of hydrogen-bond acceptors (Lipinski definition) is 5. The first-order valence-electron chi connectivity index (χ1n) is 8.92. The van der Waals surface area contributed by atoms with Gasteiger partial charge >= 0.3 is 0 Å². The smallest absolute Gasteiger partial charge is 0.230 e. The van der Waals surface area contributed by atoms with Crippen molar-refractivity contribution in [1.82, 2.24) is 10.1 Å². The van der Waals surface area contributed by atoms with Crippen LogP contribution in [0.3, 0.4) is 0 Å². The van der Waals surface area contributed by atoms with Gasteiger partial charge in [0.05, 0.1) is 0 Å². The van der Waals surface area contributed by atoms with Gasteiger partial charge in [0.2, 0.25) is 21.7 Å². The third kappa shape index (κ3) is 2.85. The fourth-order valence-electron chi connectivity index (χ4n) is 4.80. The van der Waals surface area contributed by atoms with E-state index in [1.165, 1.54) is 0 Å². The molecule has 4 atom stereocenters. The Morgan fingerprint density at radius 3 is 2.48 bits per heavy atom. The summed E-state index contributed by atoms with van der Waals surface area (Å²) < 4.78 is 30.0. The molecule has 0 amide bonds. The lowest BCUT2D eigenvalue weighted by atomic mass is 9.75. The monoisotopic (exact) mass is 385 g/mol. The van der Waals surface area contributed by atoms with Crippen LogP contribution in [-0.4, -0.2) is 23.8 Å². The first kappa shape index (κ1) is 18.1. The molecular formula is C20H23N3O3S. The molecular weight excluding hydrogens is 362 g/mol. The molecule has 1 aromatic carbocycles. The number of benzene rings is 1. The number of allylic oxidation sites excluding steroid dienone is 3. The van der Waals surface area contributed by atoms with Gasteiger partial charge in [-0.1, -0.05) is 80.6 Å². The highest BCUT2D eigenvalue weighted by atomic mass is 32.2. The largest absolute Gasteiger partial charge is 0.339 e. The number of nitrogens with two attached hydrogens (primary N) is 1. The molecule has 1 saturated carbocycles. The maximum Gasteiger partial charge on any atom is 0.230 e. The van der Waals surface area contributed by atoms with Crippen molar-refractivity contribution in [3.05, 3.63) is 60.5 Å². The summed E-state index contributed by atoms with van der Waals surface area (Å²) in [6.07, 6.45) is 7.24. The molecule has 2 aliphatic rings. The molecule has 142 valence electrons. The van der Waals surface area contributed by atoms with Crippen LogP contribution in [0.2, 0.25) is 0 Å². The number of sulfonamides is 1. The second kappa shape index (κ2) is 5.87. The third-order valence-electron chi connectivity index (χ3n) is 6.06. The third-order valence-corrected chi connectivity index (χ3v) is 7.43. The Hall–Kier alpha value is -2.25. The molecule has 2 N–H and O–H groups in total. The van der Waals surface area contributed by atoms with E-state index in [1.807, 2.05) is 49.4 Å². The molecule has 0 aliphatic heterocycles. The van der Waals surface area contributed by atoms with Crippen molar-refractivity contribution in [3.63, 3.8) is 0 Å². The molecule has 7 heteroatoms. The summed E-state index contributed by atoms with van der Waals surface area (Å²) in [6, 6.07) is 9.63. The van der Waals surface area contributed by atoms with Crippen LogP contribution in [0, 0.1) is 16.7 Å². The van der Waals surface area contributed by atoms with Gasteiger partial charge in [-0.25, -0.2) is 13.6 Å². The normalized spacial score (nSPS) is 31.8. The maximum atomic E-state index is 12.2. The molecule has 0 spiro atoms. The summed E-state index contributed by atoms with van der Waals surface area (Å²) in [4.78, 5) is 4.60. The van der Waals surface area contributed by atoms with Crippen molar-refractivity contribution in [2.24, 2.45) is 21.9 Å². The lowest BCUT2D eigenvalue weighted by Crippen LogP contribution is -2.43. The predicted molar refractivity (Wildman–Crippen MR) is 103 cm³/mol. The van der Waals surface area contributed by atoms with Gasteiger partial charge in [-0.15, -0.1) is 0 Å². The minimum atomic E-state index is -3.74. The van der Waals surface area contributed by atoms with Gasteiger partial charge in [-0.05, 0) is 11.3 Å². The molecule has 27 heavy (non-hydrogen) atoms. The van der Waals surface area contributed by atoms with Gasteiger partial charge in [-0.2, -0.15) is 4.98 Å². The Bertz CT molecular complexity index is 1020. The molecule has 1 fully saturated rings. The minimum Gasteiger partial charge on any atom is -0.339 e. The summed E-state index contributed by atoms with van der Waals surface area (Å²) in [5.74, 6) is 1.06. The van der Waals surface area contributed by atoms with Crippen LogP contribution in [0.1, 0.15) is 32.6 Å². The average Bonchev–Trinajstić information content (AvgIpc) is 2.97. The van der Waals surface area contributed by atoms with E-state index in [-0.39, 0.29) is 17.3 Å². The first-order valence-corrected chi connectivity index (χ1v) is 10.5. The highest BCUT2D eigenvalue weighted by Gasteiger charge is 2.69. The fraction of sp³-hybridized carbons (Fsp3) is 0.400. The van der Waals surface area contributed by atoms with Crippen LogP contribution in [0.4, 0.5) is 0 Å². The summed E-state index contributed by atoms with van der Waals surface area (Å²) >= 11 is 0. The molecule has 2 aromatic rings. The molecule has 4 rings (SSSR count). The second-order valence-electron chi connectivity index (χ2n) is 8.22. The van der Waals surface area contributed by atoms with Crippen molar-refractivity contribution in [1.29, 1.82) is 0 Å². The molecule has 0 radical (unpaired) electrons. The highest BCUT2D eigenvalue weighted by molar-refractivity contribution is 7.90. The topological polar surface area (TPSA) is 99.1 Å². The fourth-order valence-corrected chi connectivity index (χ4v) is 6.04. The first-order chi connectivity index (χ1) is 12.7. The van der Waals surface area contributed by atoms with Gasteiger partial charge < -0.3 is 4.52 Å². The zero-order chi connectivity index (χ0) is 19.4. The zero-order valence-corrected chi connectivity index (χ0v) is 16.3. The summed E-state index contributed by atoms with van der Waals surface area (Å²) in [6.45, 7) is 6.15. The van der Waals surface area contributed by atoms with Gasteiger partial charge in [0.25, 0.3) is 0 Å². The van der Waals surface area contributed by atoms with Crippen LogP contribution in [0.5, 0.6) is 0 Å². The molecule has 0 bridgehead atoms. The Balaban J connectivity index is 1.69. The van der Waals surface area contributed by atoms with E-state index in [0.29, 0.717) is 11.7 Å². The SMILES string of the molecule is CC1(C)C(c2nc(-c3ccccc3)no2)C1C1(C)C=CC=CC1S(N)(=O)=O. The second-order valence-corrected chi connectivity index (χ2v) is 9.90. The minimum absolute atomic E-state index is 0.0126. The lowest BCUT2D eigenvalue weighted by molar-refractivity contribution is 0.309. The van der Waals surface area contributed by atoms with E-state index in [9.17, 15) is 8.42 Å².